The summed E-state index contributed by atoms with van der Waals surface area (Å²) in [7, 11) is 0. The Morgan fingerprint density at radius 2 is 0.429 bits per heavy atom. The molecule has 0 saturated carbocycles. The summed E-state index contributed by atoms with van der Waals surface area (Å²) >= 11 is 0. The van der Waals surface area contributed by atoms with E-state index in [1.807, 2.05) is 0 Å². The number of halogens is 2. The third-order valence-corrected chi connectivity index (χ3v) is 0. The Hall–Kier alpha value is 1.08. The van der Waals surface area contributed by atoms with Gasteiger partial charge in [-0.15, -0.1) is 0 Å². The minimum atomic E-state index is 0. The molecule has 0 rings (SSSR count). The van der Waals surface area contributed by atoms with Crippen LogP contribution in [0.15, 0.2) is 0 Å². The van der Waals surface area contributed by atoms with Crippen LogP contribution in [0.1, 0.15) is 0 Å². The molecule has 0 N–H and O–H groups in total. The van der Waals surface area contributed by atoms with Crippen LogP contribution in [0, 0.1) is 0 Å². The molecule has 0 aromatic rings. The summed E-state index contributed by atoms with van der Waals surface area (Å²) in [6, 6.07) is 0. The molecule has 4 nitrogen and oxygen atoms in total. The van der Waals surface area contributed by atoms with E-state index < -0.39 is 0 Å². The molecule has 0 fully saturated rings. The smallest absolute Gasteiger partial charge is 1.00 e. The van der Waals surface area contributed by atoms with Gasteiger partial charge in [-0.05, 0) is 0 Å². The van der Waals surface area contributed by atoms with Crippen LogP contribution < -0.4 is 49.4 Å². The van der Waals surface area contributed by atoms with Gasteiger partial charge < -0.3 is 24.8 Å². The predicted molar refractivity (Wildman–Crippen MR) is 8.54 cm³/mol. The first-order valence-corrected chi connectivity index (χ1v) is 0. The Morgan fingerprint density at radius 3 is 0.429 bits per heavy atom. The summed E-state index contributed by atoms with van der Waals surface area (Å²) in [5.74, 6) is 0. The van der Waals surface area contributed by atoms with Crippen molar-refractivity contribution in [1.82, 2.24) is 24.6 Å². The van der Waals surface area contributed by atoms with Crippen LogP contribution in [-0.2, 0) is 20.4 Å². The van der Waals surface area contributed by atoms with E-state index >= 15 is 0 Å². The van der Waals surface area contributed by atoms with Crippen molar-refractivity contribution in [2.45, 2.75) is 0 Å². The van der Waals surface area contributed by atoms with Crippen molar-refractivity contribution in [3.05, 3.63) is 0 Å². The zero-order valence-corrected chi connectivity index (χ0v) is 5.93. The summed E-state index contributed by atoms with van der Waals surface area (Å²) in [4.78, 5) is 0. The molecule has 0 aliphatic carbocycles. The molecule has 0 saturated heterocycles. The van der Waals surface area contributed by atoms with Gasteiger partial charge in [-0.2, -0.15) is 0 Å². The van der Waals surface area contributed by atoms with Crippen molar-refractivity contribution in [3.63, 3.8) is 0 Å². The first-order valence-electron chi connectivity index (χ1n) is 0. The molecular weight excluding hydrogens is 233 g/mol. The topological polar surface area (TPSA) is 122 Å². The molecule has 0 spiro atoms. The van der Waals surface area contributed by atoms with Gasteiger partial charge >= 0.3 is 20.4 Å². The summed E-state index contributed by atoms with van der Waals surface area (Å²) in [6.45, 7) is 0. The maximum Gasteiger partial charge on any atom is 2.00 e. The van der Waals surface area contributed by atoms with Gasteiger partial charge in [-0.3, -0.25) is 0 Å². The molecule has 12 radical (unpaired) electrons. The number of hydrogen-bond donors (Lipinski definition) is 0. The van der Waals surface area contributed by atoms with E-state index in [2.05, 4.69) is 0 Å². The molecule has 0 aromatic carbocycles. The fourth-order valence-corrected chi connectivity index (χ4v) is 0. The molecule has 44 valence electrons. The minimum absolute atomic E-state index is 0. The Bertz CT molecular complexity index is 9.65. The monoisotopic (exact) mass is 232 g/mol. The summed E-state index contributed by atoms with van der Waals surface area (Å²) in [6.07, 6.45) is 0. The van der Waals surface area contributed by atoms with Crippen molar-refractivity contribution in [2.75, 3.05) is 0 Å². The van der Waals surface area contributed by atoms with Gasteiger partial charge in [0.05, 0.1) is 0 Å². The van der Waals surface area contributed by atoms with Crippen molar-refractivity contribution >= 4 is 0 Å². The molecule has 0 atom stereocenters. The predicted octanol–water partition coefficient (Wildman–Crippen LogP) is -7.92. The number of nitrogens with zero attached hydrogens (tertiary/aromatic N) is 4. The molecule has 7 heavy (non-hydrogen) atoms. The van der Waals surface area contributed by atoms with Crippen molar-refractivity contribution < 1.29 is 45.2 Å². The Labute approximate surface area is 70.0 Å². The SMILES string of the molecule is [Cl-].[Cl-].[N].[N].[N].[N].[Pd+2]. The molecule has 7 heteroatoms. The van der Waals surface area contributed by atoms with Crippen LogP contribution in [0.3, 0.4) is 0 Å². The van der Waals surface area contributed by atoms with Crippen molar-refractivity contribution in [2.24, 2.45) is 0 Å². The van der Waals surface area contributed by atoms with Crippen LogP contribution in [0.2, 0.25) is 0 Å². The third-order valence-electron chi connectivity index (χ3n) is 0. The second-order valence-electron chi connectivity index (χ2n) is 0. The van der Waals surface area contributed by atoms with Crippen LogP contribution in [0.5, 0.6) is 0 Å². The van der Waals surface area contributed by atoms with Crippen molar-refractivity contribution in [1.29, 1.82) is 0 Å². The quantitative estimate of drug-likeness (QED) is 0.369. The maximum absolute atomic E-state index is 0. The van der Waals surface area contributed by atoms with E-state index in [4.69, 9.17) is 0 Å². The van der Waals surface area contributed by atoms with E-state index in [9.17, 15) is 0 Å². The molecular formula is Cl2N4Pd. The summed E-state index contributed by atoms with van der Waals surface area (Å²) in [5, 5.41) is 0. The second kappa shape index (κ2) is 224. The minimum Gasteiger partial charge on any atom is -1.00 e. The first kappa shape index (κ1) is 346. The fraction of sp³-hybridized carbons (Fsp3) is 0. The zero-order valence-electron chi connectivity index (χ0n) is 2.86. The summed E-state index contributed by atoms with van der Waals surface area (Å²) < 4.78 is 0. The van der Waals surface area contributed by atoms with Gasteiger partial charge in [0.2, 0.25) is 0 Å². The molecule has 0 amide bonds. The second-order valence-corrected chi connectivity index (χ2v) is 0. The standard InChI is InChI=1S/2ClH.4N.Pd/h2*1H;;;;;/q;;;;;;+2/p-2. The first-order chi connectivity index (χ1) is 0. The normalized spacial score (nSPS) is 0. The molecule has 0 aliphatic heterocycles. The molecule has 0 heterocycles. The number of rotatable bonds is 0. The van der Waals surface area contributed by atoms with Crippen molar-refractivity contribution in [3.8, 4) is 0 Å². The van der Waals surface area contributed by atoms with Crippen LogP contribution in [0.25, 0.3) is 0 Å². The van der Waals surface area contributed by atoms with E-state index in [0.717, 1.165) is 0 Å². The van der Waals surface area contributed by atoms with Crippen LogP contribution in [0.4, 0.5) is 0 Å². The van der Waals surface area contributed by atoms with E-state index in [1.165, 1.54) is 0 Å². The third kappa shape index (κ3) is 156. The fourth-order valence-electron chi connectivity index (χ4n) is 0. The van der Waals surface area contributed by atoms with Gasteiger partial charge in [0.25, 0.3) is 0 Å². The Morgan fingerprint density at radius 1 is 0.429 bits per heavy atom. The summed E-state index contributed by atoms with van der Waals surface area (Å²) in [5.41, 5.74) is 0. The average Bonchev–Trinajstić information content (AvgIpc) is 0. The molecule has 0 bridgehead atoms. The van der Waals surface area contributed by atoms with Gasteiger partial charge in [0.1, 0.15) is 0 Å². The van der Waals surface area contributed by atoms with Crippen LogP contribution >= 0.6 is 0 Å². The maximum atomic E-state index is 0. The average molecular weight is 233 g/mol. The Kier molecular flexibility index (Phi) is 11100. The van der Waals surface area contributed by atoms with Gasteiger partial charge in [0, 0.05) is 24.6 Å². The molecule has 0 aliphatic rings. The largest absolute Gasteiger partial charge is 2.00 e. The van der Waals surface area contributed by atoms with Crippen LogP contribution in [-0.4, -0.2) is 0 Å². The molecule has 0 aromatic heterocycles. The molecule has 0 unspecified atom stereocenters. The van der Waals surface area contributed by atoms with E-state index in [1.54, 1.807) is 0 Å². The zero-order chi connectivity index (χ0) is 0. The van der Waals surface area contributed by atoms with Gasteiger partial charge in [-0.1, -0.05) is 0 Å². The van der Waals surface area contributed by atoms with Gasteiger partial charge in [0.15, 0.2) is 0 Å². The Balaban J connectivity index is 0. The number of hydrogen-bond acceptors (Lipinski definition) is 0. The van der Waals surface area contributed by atoms with E-state index in [-0.39, 0.29) is 69.8 Å². The van der Waals surface area contributed by atoms with E-state index in [0.29, 0.717) is 0 Å². The van der Waals surface area contributed by atoms with Gasteiger partial charge in [-0.25, -0.2) is 0 Å².